The molecule has 0 saturated carbocycles. The lowest BCUT2D eigenvalue weighted by Gasteiger charge is -2.12. The van der Waals surface area contributed by atoms with Crippen LogP contribution in [0.15, 0.2) is 35.6 Å². The number of anilines is 1. The third kappa shape index (κ3) is 3.32. The van der Waals surface area contributed by atoms with Crippen LogP contribution in [-0.2, 0) is 0 Å². The van der Waals surface area contributed by atoms with Crippen molar-refractivity contribution in [3.63, 3.8) is 0 Å². The summed E-state index contributed by atoms with van der Waals surface area (Å²) in [6, 6.07) is 6.98. The number of aryl methyl sites for hydroxylation is 2. The minimum atomic E-state index is -0.570. The van der Waals surface area contributed by atoms with Crippen molar-refractivity contribution >= 4 is 40.5 Å². The molecular weight excluding hydrogens is 448 g/mol. The molecule has 1 aliphatic heterocycles. The molecule has 1 aromatic carbocycles. The van der Waals surface area contributed by atoms with Gasteiger partial charge in [-0.3, -0.25) is 14.4 Å². The Morgan fingerprint density at radius 1 is 1.19 bits per heavy atom. The van der Waals surface area contributed by atoms with Crippen molar-refractivity contribution in [3.05, 3.63) is 68.8 Å². The maximum absolute atomic E-state index is 12.9. The number of nitrogens with two attached hydrogens (primary N) is 1. The Kier molecular flexibility index (Phi) is 4.90. The normalized spacial score (nSPS) is 15.1. The quantitative estimate of drug-likeness (QED) is 0.492. The van der Waals surface area contributed by atoms with Crippen molar-refractivity contribution in [1.29, 1.82) is 0 Å². The summed E-state index contributed by atoms with van der Waals surface area (Å²) in [5.41, 5.74) is 9.43. The van der Waals surface area contributed by atoms with Crippen LogP contribution in [-0.4, -0.2) is 41.1 Å². The maximum atomic E-state index is 12.9. The Labute approximate surface area is 192 Å². The summed E-state index contributed by atoms with van der Waals surface area (Å²) in [5, 5.41) is 14.3. The molecule has 3 aromatic heterocycles. The van der Waals surface area contributed by atoms with Crippen molar-refractivity contribution in [2.24, 2.45) is 4.99 Å². The zero-order valence-electron chi connectivity index (χ0n) is 17.6. The number of carbonyl (C=O) groups is 1. The van der Waals surface area contributed by atoms with Gasteiger partial charge in [0.15, 0.2) is 5.82 Å². The standard InChI is InChI=1S/C21H19ClN8OS/c1-10-11(2)32-20-17(10)18(13-4-6-14(22)7-5-13)25-15(19-27-26-12(3)30(19)20)8-16(31)29-9-24-21(23)28-29/h4-7,9,15H,8H2,1-3H3,(H2,23,28). The van der Waals surface area contributed by atoms with Crippen LogP contribution in [0.2, 0.25) is 5.02 Å². The van der Waals surface area contributed by atoms with Gasteiger partial charge in [-0.1, -0.05) is 23.7 Å². The Bertz CT molecular complexity index is 1380. The number of benzene rings is 1. The molecule has 4 aromatic rings. The number of nitrogen functional groups attached to an aromatic ring is 1. The predicted octanol–water partition coefficient (Wildman–Crippen LogP) is 3.70. The highest BCUT2D eigenvalue weighted by atomic mass is 35.5. The number of aromatic nitrogens is 6. The van der Waals surface area contributed by atoms with Crippen LogP contribution in [0.1, 0.15) is 50.5 Å². The molecule has 0 bridgehead atoms. The molecule has 1 atom stereocenters. The highest BCUT2D eigenvalue weighted by Gasteiger charge is 2.32. The molecular formula is C21H19ClN8OS. The predicted molar refractivity (Wildman–Crippen MR) is 123 cm³/mol. The summed E-state index contributed by atoms with van der Waals surface area (Å²) in [4.78, 5) is 23.0. The average Bonchev–Trinajstić information content (AvgIpc) is 3.42. The van der Waals surface area contributed by atoms with Gasteiger partial charge in [0, 0.05) is 21.0 Å². The Morgan fingerprint density at radius 3 is 2.62 bits per heavy atom. The van der Waals surface area contributed by atoms with Crippen molar-refractivity contribution in [2.45, 2.75) is 33.2 Å². The van der Waals surface area contributed by atoms with Crippen LogP contribution in [0.25, 0.3) is 5.00 Å². The van der Waals surface area contributed by atoms with E-state index in [0.717, 1.165) is 37.9 Å². The number of hydrogen-bond acceptors (Lipinski definition) is 8. The van der Waals surface area contributed by atoms with E-state index in [0.29, 0.717) is 10.8 Å². The van der Waals surface area contributed by atoms with E-state index in [4.69, 9.17) is 22.3 Å². The molecule has 0 radical (unpaired) electrons. The first-order chi connectivity index (χ1) is 15.3. The molecule has 0 aliphatic carbocycles. The SMILES string of the molecule is Cc1sc2c(c1C)C(c1ccc(Cl)cc1)=NC(CC(=O)n1cnc(N)n1)c1nnc(C)n1-2. The second kappa shape index (κ2) is 7.64. The van der Waals surface area contributed by atoms with E-state index in [1.54, 1.807) is 11.3 Å². The molecule has 5 rings (SSSR count). The van der Waals surface area contributed by atoms with Gasteiger partial charge in [-0.2, -0.15) is 4.68 Å². The minimum absolute atomic E-state index is 0.0327. The monoisotopic (exact) mass is 466 g/mol. The molecule has 162 valence electrons. The first kappa shape index (κ1) is 20.5. The molecule has 11 heteroatoms. The van der Waals surface area contributed by atoms with E-state index in [-0.39, 0.29) is 18.3 Å². The Morgan fingerprint density at radius 2 is 1.94 bits per heavy atom. The third-order valence-corrected chi connectivity index (χ3v) is 6.93. The number of rotatable bonds is 3. The highest BCUT2D eigenvalue weighted by Crippen LogP contribution is 2.39. The van der Waals surface area contributed by atoms with Crippen LogP contribution >= 0.6 is 22.9 Å². The van der Waals surface area contributed by atoms with E-state index < -0.39 is 6.04 Å². The molecule has 1 unspecified atom stereocenters. The van der Waals surface area contributed by atoms with E-state index in [2.05, 4.69) is 34.1 Å². The van der Waals surface area contributed by atoms with Crippen molar-refractivity contribution in [1.82, 2.24) is 29.5 Å². The van der Waals surface area contributed by atoms with Crippen LogP contribution in [0.3, 0.4) is 0 Å². The Balaban J connectivity index is 1.71. The first-order valence-electron chi connectivity index (χ1n) is 9.90. The summed E-state index contributed by atoms with van der Waals surface area (Å²) in [7, 11) is 0. The lowest BCUT2D eigenvalue weighted by molar-refractivity contribution is 0.0876. The highest BCUT2D eigenvalue weighted by molar-refractivity contribution is 7.15. The number of halogens is 1. The van der Waals surface area contributed by atoms with E-state index in [9.17, 15) is 4.79 Å². The fourth-order valence-electron chi connectivity index (χ4n) is 3.79. The smallest absolute Gasteiger partial charge is 0.251 e. The second-order valence-electron chi connectivity index (χ2n) is 7.55. The van der Waals surface area contributed by atoms with Gasteiger partial charge in [0.1, 0.15) is 23.2 Å². The van der Waals surface area contributed by atoms with Gasteiger partial charge in [0.2, 0.25) is 5.95 Å². The van der Waals surface area contributed by atoms with E-state index in [1.807, 2.05) is 35.8 Å². The van der Waals surface area contributed by atoms with Gasteiger partial charge < -0.3 is 5.73 Å². The number of carbonyl (C=O) groups excluding carboxylic acids is 1. The first-order valence-corrected chi connectivity index (χ1v) is 11.1. The summed E-state index contributed by atoms with van der Waals surface area (Å²) in [6.07, 6.45) is 1.34. The number of hydrogen-bond donors (Lipinski definition) is 1. The van der Waals surface area contributed by atoms with Crippen molar-refractivity contribution in [3.8, 4) is 5.00 Å². The third-order valence-electron chi connectivity index (χ3n) is 5.49. The van der Waals surface area contributed by atoms with Gasteiger partial charge in [-0.05, 0) is 38.5 Å². The maximum Gasteiger partial charge on any atom is 0.251 e. The van der Waals surface area contributed by atoms with Crippen molar-refractivity contribution in [2.75, 3.05) is 5.73 Å². The fraction of sp³-hybridized carbons (Fsp3) is 0.238. The van der Waals surface area contributed by atoms with Crippen LogP contribution in [0.4, 0.5) is 5.95 Å². The zero-order valence-corrected chi connectivity index (χ0v) is 19.1. The number of nitrogens with zero attached hydrogens (tertiary/aromatic N) is 7. The number of thiophene rings is 1. The lowest BCUT2D eigenvalue weighted by Crippen LogP contribution is -2.17. The molecule has 0 saturated heterocycles. The molecule has 32 heavy (non-hydrogen) atoms. The molecule has 9 nitrogen and oxygen atoms in total. The molecule has 0 fully saturated rings. The lowest BCUT2D eigenvalue weighted by atomic mass is 9.99. The number of aliphatic imine (C=N–C) groups is 1. The molecule has 4 heterocycles. The molecule has 0 spiro atoms. The van der Waals surface area contributed by atoms with E-state index in [1.165, 1.54) is 11.2 Å². The van der Waals surface area contributed by atoms with Crippen LogP contribution < -0.4 is 5.73 Å². The topological polar surface area (TPSA) is 117 Å². The van der Waals surface area contributed by atoms with Crippen LogP contribution in [0.5, 0.6) is 0 Å². The number of fused-ring (bicyclic) bond motifs is 3. The Hall–Kier alpha value is -3.37. The summed E-state index contributed by atoms with van der Waals surface area (Å²) in [5.74, 6) is 1.09. The fourth-order valence-corrected chi connectivity index (χ4v) is 5.13. The summed E-state index contributed by atoms with van der Waals surface area (Å²) >= 11 is 7.79. The van der Waals surface area contributed by atoms with Gasteiger partial charge >= 0.3 is 0 Å². The van der Waals surface area contributed by atoms with Gasteiger partial charge in [-0.25, -0.2) is 4.98 Å². The second-order valence-corrected chi connectivity index (χ2v) is 9.19. The largest absolute Gasteiger partial charge is 0.366 e. The molecule has 0 amide bonds. The summed E-state index contributed by atoms with van der Waals surface area (Å²) < 4.78 is 3.14. The van der Waals surface area contributed by atoms with Gasteiger partial charge in [0.05, 0.1) is 12.1 Å². The average molecular weight is 467 g/mol. The van der Waals surface area contributed by atoms with Crippen LogP contribution in [0, 0.1) is 20.8 Å². The molecule has 2 N–H and O–H groups in total. The van der Waals surface area contributed by atoms with Crippen molar-refractivity contribution < 1.29 is 4.79 Å². The van der Waals surface area contributed by atoms with E-state index >= 15 is 0 Å². The molecule has 1 aliphatic rings. The summed E-state index contributed by atoms with van der Waals surface area (Å²) in [6.45, 7) is 6.07. The zero-order chi connectivity index (χ0) is 22.6. The minimum Gasteiger partial charge on any atom is -0.366 e. The van der Waals surface area contributed by atoms with Gasteiger partial charge in [0.25, 0.3) is 5.91 Å². The van der Waals surface area contributed by atoms with Gasteiger partial charge in [-0.15, -0.1) is 26.6 Å².